The Labute approximate surface area is 135 Å². The van der Waals surface area contributed by atoms with Crippen LogP contribution in [0, 0.1) is 6.92 Å². The average Bonchev–Trinajstić information content (AvgIpc) is 3.15. The average molecular weight is 340 g/mol. The van der Waals surface area contributed by atoms with Gasteiger partial charge in [-0.15, -0.1) is 10.2 Å². The van der Waals surface area contributed by atoms with Crippen LogP contribution in [0.1, 0.15) is 24.3 Å². The van der Waals surface area contributed by atoms with Crippen molar-refractivity contribution in [3.8, 4) is 0 Å². The zero-order chi connectivity index (χ0) is 15.4. The number of aliphatic imine (C=N–C) groups is 1. The van der Waals surface area contributed by atoms with E-state index >= 15 is 0 Å². The highest BCUT2D eigenvalue weighted by atomic mass is 32.2. The molecule has 8 nitrogen and oxygen atoms in total. The Kier molecular flexibility index (Phi) is 4.88. The molecule has 1 saturated heterocycles. The highest BCUT2D eigenvalue weighted by Crippen LogP contribution is 2.21. The van der Waals surface area contributed by atoms with E-state index in [0.717, 1.165) is 35.3 Å². The molecule has 1 aliphatic rings. The maximum Gasteiger partial charge on any atom is 0.324 e. The summed E-state index contributed by atoms with van der Waals surface area (Å²) in [7, 11) is 0. The molecule has 3 rings (SSSR count). The topological polar surface area (TPSA) is 94.3 Å². The zero-order valence-corrected chi connectivity index (χ0v) is 13.8. The number of hydrogen-bond acceptors (Lipinski definition) is 9. The lowest BCUT2D eigenvalue weighted by molar-refractivity contribution is -0.759. The van der Waals surface area contributed by atoms with Crippen LogP contribution >= 0.6 is 23.1 Å². The molecule has 2 aromatic rings. The first kappa shape index (κ1) is 15.2. The summed E-state index contributed by atoms with van der Waals surface area (Å²) < 4.78 is 5.86. The molecule has 0 saturated carbocycles. The summed E-state index contributed by atoms with van der Waals surface area (Å²) >= 11 is 2.79. The van der Waals surface area contributed by atoms with Gasteiger partial charge in [-0.2, -0.15) is 5.01 Å². The molecule has 0 aliphatic carbocycles. The van der Waals surface area contributed by atoms with E-state index in [1.807, 2.05) is 6.92 Å². The molecular formula is C12H16N6O2S2. The van der Waals surface area contributed by atoms with Crippen LogP contribution in [-0.4, -0.2) is 40.2 Å². The zero-order valence-electron chi connectivity index (χ0n) is 12.1. The lowest BCUT2D eigenvalue weighted by Gasteiger charge is -2.17. The Morgan fingerprint density at radius 2 is 2.27 bits per heavy atom. The fourth-order valence-corrected chi connectivity index (χ4v) is 3.71. The van der Waals surface area contributed by atoms with Crippen molar-refractivity contribution in [2.45, 2.75) is 30.5 Å². The predicted octanol–water partition coefficient (Wildman–Crippen LogP) is 0.427. The number of piperidine rings is 1. The molecule has 1 aliphatic heterocycles. The number of rotatable bonds is 5. The van der Waals surface area contributed by atoms with Gasteiger partial charge in [-0.3, -0.25) is 4.52 Å². The minimum Gasteiger partial charge on any atom is -0.861 e. The summed E-state index contributed by atoms with van der Waals surface area (Å²) in [5.41, 5.74) is 0. The standard InChI is InChI=1S/C12H16N6O2S2/c1-9-14-15-12(22-9)21-8-10(19)13-11-7-18(16-20-11)17-5-3-2-4-6-17/h7H,2-6,8H2,1H3. The van der Waals surface area contributed by atoms with Crippen molar-refractivity contribution < 1.29 is 14.4 Å². The Balaban J connectivity index is 1.57. The van der Waals surface area contributed by atoms with Crippen molar-refractivity contribution in [3.63, 3.8) is 0 Å². The number of hydrogen-bond donors (Lipinski definition) is 0. The summed E-state index contributed by atoms with van der Waals surface area (Å²) in [6, 6.07) is 0. The van der Waals surface area contributed by atoms with E-state index in [0.29, 0.717) is 0 Å². The van der Waals surface area contributed by atoms with Crippen molar-refractivity contribution in [3.05, 3.63) is 11.2 Å². The van der Waals surface area contributed by atoms with E-state index in [4.69, 9.17) is 4.52 Å². The van der Waals surface area contributed by atoms with E-state index in [1.54, 1.807) is 11.0 Å². The fourth-order valence-electron chi connectivity index (χ4n) is 2.11. The third kappa shape index (κ3) is 3.95. The third-order valence-electron chi connectivity index (χ3n) is 3.13. The van der Waals surface area contributed by atoms with Crippen LogP contribution in [-0.2, 0) is 0 Å². The van der Waals surface area contributed by atoms with Crippen molar-refractivity contribution in [2.24, 2.45) is 4.99 Å². The van der Waals surface area contributed by atoms with Crippen molar-refractivity contribution >= 4 is 34.9 Å². The van der Waals surface area contributed by atoms with Crippen LogP contribution in [0.4, 0.5) is 5.88 Å². The Bertz CT molecular complexity index is 650. The molecular weight excluding hydrogens is 324 g/mol. The normalized spacial score (nSPS) is 16.2. The number of nitrogens with zero attached hydrogens (tertiary/aromatic N) is 6. The molecule has 0 N–H and O–H groups in total. The van der Waals surface area contributed by atoms with Gasteiger partial charge in [-0.25, -0.2) is 4.99 Å². The number of aryl methyl sites for hydroxylation is 1. The van der Waals surface area contributed by atoms with Gasteiger partial charge in [0.05, 0.1) is 17.9 Å². The molecule has 0 unspecified atom stereocenters. The van der Waals surface area contributed by atoms with Gasteiger partial charge in [0.1, 0.15) is 5.01 Å². The number of thioether (sulfide) groups is 1. The highest BCUT2D eigenvalue weighted by Gasteiger charge is 2.22. The summed E-state index contributed by atoms with van der Waals surface area (Å²) in [5, 5.41) is 26.6. The van der Waals surface area contributed by atoms with E-state index < -0.39 is 0 Å². The van der Waals surface area contributed by atoms with Crippen molar-refractivity contribution in [1.29, 1.82) is 0 Å². The van der Waals surface area contributed by atoms with Crippen LogP contribution in [0.25, 0.3) is 0 Å². The molecule has 118 valence electrons. The third-order valence-corrected chi connectivity index (χ3v) is 5.08. The quantitative estimate of drug-likeness (QED) is 0.337. The first-order chi connectivity index (χ1) is 10.7. The maximum atomic E-state index is 11.8. The van der Waals surface area contributed by atoms with E-state index in [2.05, 4.69) is 25.5 Å². The van der Waals surface area contributed by atoms with Crippen LogP contribution in [0.2, 0.25) is 0 Å². The molecule has 22 heavy (non-hydrogen) atoms. The highest BCUT2D eigenvalue weighted by molar-refractivity contribution is 8.01. The molecule has 0 radical (unpaired) electrons. The van der Waals surface area contributed by atoms with E-state index in [9.17, 15) is 5.11 Å². The van der Waals surface area contributed by atoms with E-state index in [-0.39, 0.29) is 17.5 Å². The van der Waals surface area contributed by atoms with Crippen LogP contribution in [0.3, 0.4) is 0 Å². The summed E-state index contributed by atoms with van der Waals surface area (Å²) in [5.74, 6) is 0.156. The Morgan fingerprint density at radius 1 is 1.45 bits per heavy atom. The first-order valence-electron chi connectivity index (χ1n) is 7.02. The molecule has 1 fully saturated rings. The van der Waals surface area contributed by atoms with Crippen LogP contribution in [0.5, 0.6) is 0 Å². The second-order valence-corrected chi connectivity index (χ2v) is 7.26. The Hall–Kier alpha value is -1.68. The molecule has 3 heterocycles. The predicted molar refractivity (Wildman–Crippen MR) is 81.0 cm³/mol. The SMILES string of the molecule is Cc1nnc(SC/C([O-])=N\c2c[n+](N3CCCCC3)no2)s1. The molecule has 0 atom stereocenters. The molecule has 0 aromatic carbocycles. The smallest absolute Gasteiger partial charge is 0.324 e. The largest absolute Gasteiger partial charge is 0.861 e. The van der Waals surface area contributed by atoms with Gasteiger partial charge in [-0.1, -0.05) is 23.1 Å². The fraction of sp³-hybridized carbons (Fsp3) is 0.583. The lowest BCUT2D eigenvalue weighted by Crippen LogP contribution is -2.60. The monoisotopic (exact) mass is 340 g/mol. The lowest BCUT2D eigenvalue weighted by atomic mass is 10.2. The maximum absolute atomic E-state index is 11.8. The summed E-state index contributed by atoms with van der Waals surface area (Å²) in [6.45, 7) is 3.76. The molecule has 0 amide bonds. The van der Waals surface area contributed by atoms with Crippen molar-refractivity contribution in [1.82, 2.24) is 15.5 Å². The molecule has 0 spiro atoms. The van der Waals surface area contributed by atoms with Gasteiger partial charge in [0.25, 0.3) is 6.20 Å². The molecule has 0 bridgehead atoms. The number of aromatic nitrogens is 4. The molecule has 2 aromatic heterocycles. The van der Waals surface area contributed by atoms with Crippen molar-refractivity contribution in [2.75, 3.05) is 23.9 Å². The minimum atomic E-state index is -0.278. The van der Waals surface area contributed by atoms with Gasteiger partial charge >= 0.3 is 5.88 Å². The Morgan fingerprint density at radius 3 is 3.00 bits per heavy atom. The second kappa shape index (κ2) is 7.05. The second-order valence-electron chi connectivity index (χ2n) is 4.86. The van der Waals surface area contributed by atoms with Gasteiger partial charge in [0.15, 0.2) is 4.34 Å². The van der Waals surface area contributed by atoms with Crippen LogP contribution < -0.4 is 14.9 Å². The summed E-state index contributed by atoms with van der Waals surface area (Å²) in [4.78, 5) is 5.55. The molecule has 10 heteroatoms. The van der Waals surface area contributed by atoms with Gasteiger partial charge < -0.3 is 5.11 Å². The van der Waals surface area contributed by atoms with Gasteiger partial charge in [0, 0.05) is 5.75 Å². The first-order valence-corrected chi connectivity index (χ1v) is 8.82. The minimum absolute atomic E-state index is 0.207. The van der Waals surface area contributed by atoms with Crippen LogP contribution in [0.15, 0.2) is 20.1 Å². The van der Waals surface area contributed by atoms with E-state index in [1.165, 1.54) is 29.5 Å². The van der Waals surface area contributed by atoms with Gasteiger partial charge in [-0.05, 0) is 32.1 Å². The summed E-state index contributed by atoms with van der Waals surface area (Å²) in [6.07, 6.45) is 5.17. The van der Waals surface area contributed by atoms with Gasteiger partial charge in [0.2, 0.25) is 5.27 Å².